The van der Waals surface area contributed by atoms with E-state index >= 15 is 0 Å². The molecule has 0 spiro atoms. The Hall–Kier alpha value is -1.02. The molecular formula is C17H28N2. The van der Waals surface area contributed by atoms with Crippen LogP contribution in [0.25, 0.3) is 0 Å². The molecule has 1 aromatic carbocycles. The molecule has 1 fully saturated rings. The molecule has 0 bridgehead atoms. The smallest absolute Gasteiger partial charge is 0.0340 e. The predicted octanol–water partition coefficient (Wildman–Crippen LogP) is 4.00. The number of nitrogens with one attached hydrogen (secondary N) is 1. The van der Waals surface area contributed by atoms with Crippen molar-refractivity contribution in [1.29, 1.82) is 0 Å². The van der Waals surface area contributed by atoms with Gasteiger partial charge >= 0.3 is 0 Å². The number of hydrogen-bond donors (Lipinski definition) is 1. The third kappa shape index (κ3) is 4.54. The summed E-state index contributed by atoms with van der Waals surface area (Å²) in [7, 11) is 2.27. The molecule has 2 heteroatoms. The van der Waals surface area contributed by atoms with Crippen LogP contribution in [-0.2, 0) is 0 Å². The van der Waals surface area contributed by atoms with Gasteiger partial charge in [-0.2, -0.15) is 0 Å². The Bertz CT molecular complexity index is 362. The standard InChI is InChI=1S/C17H28N2/c1-17(2)11-9-16(10-12-17)19(3)14-13-18-15-7-5-4-6-8-15/h4-8,16,18H,9-14H2,1-3H3. The number of rotatable bonds is 5. The highest BCUT2D eigenvalue weighted by atomic mass is 15.1. The highest BCUT2D eigenvalue weighted by Gasteiger charge is 2.28. The van der Waals surface area contributed by atoms with Crippen LogP contribution in [-0.4, -0.2) is 31.1 Å². The molecule has 0 saturated heterocycles. The van der Waals surface area contributed by atoms with Gasteiger partial charge in [-0.15, -0.1) is 0 Å². The van der Waals surface area contributed by atoms with Crippen LogP contribution < -0.4 is 5.32 Å². The highest BCUT2D eigenvalue weighted by Crippen LogP contribution is 2.36. The number of nitrogens with zero attached hydrogens (tertiary/aromatic N) is 1. The zero-order chi connectivity index (χ0) is 13.7. The van der Waals surface area contributed by atoms with Crippen molar-refractivity contribution in [1.82, 2.24) is 4.90 Å². The molecule has 0 aromatic heterocycles. The van der Waals surface area contributed by atoms with E-state index in [-0.39, 0.29) is 0 Å². The Kier molecular flexibility index (Phi) is 4.87. The van der Waals surface area contributed by atoms with E-state index in [1.54, 1.807) is 0 Å². The molecule has 0 aliphatic heterocycles. The molecular weight excluding hydrogens is 232 g/mol. The van der Waals surface area contributed by atoms with Crippen molar-refractivity contribution < 1.29 is 0 Å². The lowest BCUT2D eigenvalue weighted by Gasteiger charge is -2.38. The molecule has 1 N–H and O–H groups in total. The zero-order valence-corrected chi connectivity index (χ0v) is 12.7. The van der Waals surface area contributed by atoms with Crippen molar-refractivity contribution in [2.75, 3.05) is 25.5 Å². The Balaban J connectivity index is 1.69. The Morgan fingerprint density at radius 2 is 1.79 bits per heavy atom. The molecule has 0 atom stereocenters. The first-order chi connectivity index (χ1) is 9.07. The van der Waals surface area contributed by atoms with E-state index < -0.39 is 0 Å². The largest absolute Gasteiger partial charge is 0.384 e. The molecule has 1 aromatic rings. The number of para-hydroxylation sites is 1. The lowest BCUT2D eigenvalue weighted by molar-refractivity contribution is 0.131. The van der Waals surface area contributed by atoms with E-state index in [0.717, 1.165) is 19.1 Å². The van der Waals surface area contributed by atoms with E-state index in [0.29, 0.717) is 5.41 Å². The Morgan fingerprint density at radius 1 is 1.16 bits per heavy atom. The molecule has 1 aliphatic carbocycles. The summed E-state index contributed by atoms with van der Waals surface area (Å²) in [6, 6.07) is 11.3. The monoisotopic (exact) mass is 260 g/mol. The van der Waals surface area contributed by atoms with Gasteiger partial charge < -0.3 is 10.2 Å². The molecule has 2 rings (SSSR count). The van der Waals surface area contributed by atoms with E-state index in [2.05, 4.69) is 61.4 Å². The molecule has 106 valence electrons. The van der Waals surface area contributed by atoms with Gasteiger partial charge in [-0.05, 0) is 50.3 Å². The number of likely N-dealkylation sites (N-methyl/N-ethyl adjacent to an activating group) is 1. The van der Waals surface area contributed by atoms with Gasteiger partial charge in [-0.1, -0.05) is 32.0 Å². The van der Waals surface area contributed by atoms with Gasteiger partial charge in [0.1, 0.15) is 0 Å². The Labute approximate surface area is 118 Å². The maximum atomic E-state index is 3.49. The second-order valence-electron chi connectivity index (χ2n) is 6.67. The van der Waals surface area contributed by atoms with Crippen LogP contribution in [0.4, 0.5) is 5.69 Å². The van der Waals surface area contributed by atoms with Crippen molar-refractivity contribution in [3.63, 3.8) is 0 Å². The molecule has 1 saturated carbocycles. The molecule has 2 nitrogen and oxygen atoms in total. The summed E-state index contributed by atoms with van der Waals surface area (Å²) >= 11 is 0. The van der Waals surface area contributed by atoms with Crippen LogP contribution >= 0.6 is 0 Å². The fraction of sp³-hybridized carbons (Fsp3) is 0.647. The number of benzene rings is 1. The van der Waals surface area contributed by atoms with Gasteiger partial charge in [0.25, 0.3) is 0 Å². The number of anilines is 1. The third-order valence-corrected chi connectivity index (χ3v) is 4.50. The second-order valence-corrected chi connectivity index (χ2v) is 6.67. The summed E-state index contributed by atoms with van der Waals surface area (Å²) < 4.78 is 0. The molecule has 0 radical (unpaired) electrons. The van der Waals surface area contributed by atoms with Gasteiger partial charge in [0.2, 0.25) is 0 Å². The van der Waals surface area contributed by atoms with Crippen molar-refractivity contribution in [2.24, 2.45) is 5.41 Å². The van der Waals surface area contributed by atoms with Crippen molar-refractivity contribution >= 4 is 5.69 Å². The third-order valence-electron chi connectivity index (χ3n) is 4.50. The first kappa shape index (κ1) is 14.4. The normalized spacial score (nSPS) is 19.6. The Morgan fingerprint density at radius 3 is 2.42 bits per heavy atom. The number of hydrogen-bond acceptors (Lipinski definition) is 2. The SMILES string of the molecule is CN(CCNc1ccccc1)C1CCC(C)(C)CC1. The summed E-state index contributed by atoms with van der Waals surface area (Å²) in [6.07, 6.45) is 5.45. The van der Waals surface area contributed by atoms with E-state index in [1.807, 2.05) is 0 Å². The van der Waals surface area contributed by atoms with Gasteiger partial charge in [0, 0.05) is 24.8 Å². The highest BCUT2D eigenvalue weighted by molar-refractivity contribution is 5.42. The first-order valence-corrected chi connectivity index (χ1v) is 7.56. The average Bonchev–Trinajstić information content (AvgIpc) is 2.39. The quantitative estimate of drug-likeness (QED) is 0.861. The minimum absolute atomic E-state index is 0.569. The van der Waals surface area contributed by atoms with E-state index in [1.165, 1.54) is 31.4 Å². The summed E-state index contributed by atoms with van der Waals surface area (Å²) in [6.45, 7) is 6.96. The lowest BCUT2D eigenvalue weighted by atomic mass is 9.75. The lowest BCUT2D eigenvalue weighted by Crippen LogP contribution is -2.39. The van der Waals surface area contributed by atoms with Gasteiger partial charge in [0.15, 0.2) is 0 Å². The van der Waals surface area contributed by atoms with Crippen LogP contribution in [0.5, 0.6) is 0 Å². The fourth-order valence-corrected chi connectivity index (χ4v) is 2.94. The van der Waals surface area contributed by atoms with Crippen molar-refractivity contribution in [2.45, 2.75) is 45.6 Å². The topological polar surface area (TPSA) is 15.3 Å². The predicted molar refractivity (Wildman–Crippen MR) is 83.6 cm³/mol. The van der Waals surface area contributed by atoms with Gasteiger partial charge in [-0.25, -0.2) is 0 Å². The zero-order valence-electron chi connectivity index (χ0n) is 12.7. The van der Waals surface area contributed by atoms with E-state index in [9.17, 15) is 0 Å². The second kappa shape index (κ2) is 6.42. The maximum absolute atomic E-state index is 3.49. The first-order valence-electron chi connectivity index (χ1n) is 7.56. The summed E-state index contributed by atoms with van der Waals surface area (Å²) in [4.78, 5) is 2.53. The van der Waals surface area contributed by atoms with Crippen LogP contribution in [0.15, 0.2) is 30.3 Å². The van der Waals surface area contributed by atoms with E-state index in [4.69, 9.17) is 0 Å². The summed E-state index contributed by atoms with van der Waals surface area (Å²) in [5, 5.41) is 3.49. The minimum Gasteiger partial charge on any atom is -0.384 e. The van der Waals surface area contributed by atoms with Crippen molar-refractivity contribution in [3.05, 3.63) is 30.3 Å². The molecule has 0 heterocycles. The van der Waals surface area contributed by atoms with Gasteiger partial charge in [0.05, 0.1) is 0 Å². The van der Waals surface area contributed by atoms with Crippen LogP contribution in [0.1, 0.15) is 39.5 Å². The van der Waals surface area contributed by atoms with Crippen molar-refractivity contribution in [3.8, 4) is 0 Å². The van der Waals surface area contributed by atoms with Crippen LogP contribution in [0, 0.1) is 5.41 Å². The molecule has 1 aliphatic rings. The summed E-state index contributed by atoms with van der Waals surface area (Å²) in [5.74, 6) is 0. The maximum Gasteiger partial charge on any atom is 0.0340 e. The molecule has 0 amide bonds. The molecule has 19 heavy (non-hydrogen) atoms. The fourth-order valence-electron chi connectivity index (χ4n) is 2.94. The minimum atomic E-state index is 0.569. The van der Waals surface area contributed by atoms with Gasteiger partial charge in [-0.3, -0.25) is 0 Å². The van der Waals surface area contributed by atoms with Crippen LogP contribution in [0.2, 0.25) is 0 Å². The molecule has 0 unspecified atom stereocenters. The average molecular weight is 260 g/mol. The summed E-state index contributed by atoms with van der Waals surface area (Å²) in [5.41, 5.74) is 1.79. The van der Waals surface area contributed by atoms with Crippen LogP contribution in [0.3, 0.4) is 0 Å².